The fourth-order valence-corrected chi connectivity index (χ4v) is 3.50. The number of nitrogens with two attached hydrogens (primary N) is 1. The number of hydrogen-bond donors (Lipinski definition) is 2. The molecule has 2 aromatic rings. The SMILES string of the molecule is Cc1cnc(CNS(=O)(=O)Cc2cccc(N)c2)s1. The molecule has 1 heterocycles. The number of thiazole rings is 1. The van der Waals surface area contributed by atoms with Crippen molar-refractivity contribution in [3.8, 4) is 0 Å². The second-order valence-corrected chi connectivity index (χ2v) is 7.32. The molecule has 7 heteroatoms. The normalized spacial score (nSPS) is 11.6. The Morgan fingerprint density at radius 2 is 2.21 bits per heavy atom. The number of benzene rings is 1. The minimum Gasteiger partial charge on any atom is -0.399 e. The molecule has 0 fully saturated rings. The van der Waals surface area contributed by atoms with E-state index in [1.165, 1.54) is 11.3 Å². The first-order valence-corrected chi connectivity index (χ1v) is 8.14. The van der Waals surface area contributed by atoms with Crippen LogP contribution in [0, 0.1) is 6.92 Å². The number of aryl methyl sites for hydroxylation is 1. The zero-order valence-corrected chi connectivity index (χ0v) is 12.1. The summed E-state index contributed by atoms with van der Waals surface area (Å²) in [7, 11) is -3.38. The highest BCUT2D eigenvalue weighted by atomic mass is 32.2. The predicted molar refractivity (Wildman–Crippen MR) is 77.2 cm³/mol. The third-order valence-corrected chi connectivity index (χ3v) is 4.63. The largest absolute Gasteiger partial charge is 0.399 e. The highest BCUT2D eigenvalue weighted by Crippen LogP contribution is 2.13. The van der Waals surface area contributed by atoms with E-state index in [1.807, 2.05) is 6.92 Å². The van der Waals surface area contributed by atoms with Gasteiger partial charge in [0.25, 0.3) is 0 Å². The van der Waals surface area contributed by atoms with Gasteiger partial charge in [0.1, 0.15) is 5.01 Å². The summed E-state index contributed by atoms with van der Waals surface area (Å²) in [5.41, 5.74) is 6.85. The van der Waals surface area contributed by atoms with E-state index in [9.17, 15) is 8.42 Å². The van der Waals surface area contributed by atoms with Crippen molar-refractivity contribution in [2.24, 2.45) is 0 Å². The summed E-state index contributed by atoms with van der Waals surface area (Å²) in [5, 5.41) is 0.758. The van der Waals surface area contributed by atoms with Crippen molar-refractivity contribution in [3.05, 3.63) is 45.9 Å². The van der Waals surface area contributed by atoms with Crippen LogP contribution in [0.5, 0.6) is 0 Å². The van der Waals surface area contributed by atoms with Gasteiger partial charge in [0.2, 0.25) is 10.0 Å². The first kappa shape index (κ1) is 14.0. The van der Waals surface area contributed by atoms with Gasteiger partial charge >= 0.3 is 0 Å². The number of nitrogens with one attached hydrogen (secondary N) is 1. The number of aromatic nitrogens is 1. The van der Waals surface area contributed by atoms with Crippen molar-refractivity contribution in [3.63, 3.8) is 0 Å². The minimum absolute atomic E-state index is 0.0810. The van der Waals surface area contributed by atoms with Gasteiger partial charge in [-0.1, -0.05) is 12.1 Å². The molecule has 0 radical (unpaired) electrons. The van der Waals surface area contributed by atoms with Crippen molar-refractivity contribution in [2.45, 2.75) is 19.2 Å². The van der Waals surface area contributed by atoms with E-state index in [1.54, 1.807) is 30.5 Å². The maximum Gasteiger partial charge on any atom is 0.216 e. The summed E-state index contributed by atoms with van der Waals surface area (Å²) in [6.45, 7) is 2.16. The smallest absolute Gasteiger partial charge is 0.216 e. The van der Waals surface area contributed by atoms with Gasteiger partial charge in [0, 0.05) is 16.8 Å². The van der Waals surface area contributed by atoms with Crippen LogP contribution in [-0.4, -0.2) is 13.4 Å². The Morgan fingerprint density at radius 1 is 1.42 bits per heavy atom. The van der Waals surface area contributed by atoms with E-state index in [0.29, 0.717) is 11.3 Å². The van der Waals surface area contributed by atoms with Crippen LogP contribution in [0.4, 0.5) is 5.69 Å². The van der Waals surface area contributed by atoms with Crippen molar-refractivity contribution in [2.75, 3.05) is 5.73 Å². The van der Waals surface area contributed by atoms with Gasteiger partial charge in [-0.2, -0.15) is 0 Å². The van der Waals surface area contributed by atoms with Crippen LogP contribution in [0.15, 0.2) is 30.5 Å². The zero-order chi connectivity index (χ0) is 13.9. The van der Waals surface area contributed by atoms with Crippen LogP contribution in [-0.2, 0) is 22.3 Å². The topological polar surface area (TPSA) is 85.1 Å². The first-order chi connectivity index (χ1) is 8.94. The van der Waals surface area contributed by atoms with Crippen LogP contribution in [0.3, 0.4) is 0 Å². The molecule has 0 saturated heterocycles. The van der Waals surface area contributed by atoms with E-state index >= 15 is 0 Å². The first-order valence-electron chi connectivity index (χ1n) is 5.68. The fraction of sp³-hybridized carbons (Fsp3) is 0.250. The number of nitrogen functional groups attached to an aromatic ring is 1. The van der Waals surface area contributed by atoms with Crippen LogP contribution in [0.2, 0.25) is 0 Å². The molecule has 0 aliphatic carbocycles. The molecule has 0 bridgehead atoms. The zero-order valence-electron chi connectivity index (χ0n) is 10.5. The molecule has 0 amide bonds. The van der Waals surface area contributed by atoms with E-state index in [4.69, 9.17) is 5.73 Å². The molecule has 0 saturated carbocycles. The second-order valence-electron chi connectivity index (χ2n) is 4.19. The maximum absolute atomic E-state index is 11.9. The molecule has 3 N–H and O–H groups in total. The van der Waals surface area contributed by atoms with Gasteiger partial charge in [0.05, 0.1) is 12.3 Å². The van der Waals surface area contributed by atoms with Crippen LogP contribution in [0.1, 0.15) is 15.4 Å². The Hall–Kier alpha value is -1.44. The molecule has 19 heavy (non-hydrogen) atoms. The quantitative estimate of drug-likeness (QED) is 0.822. The van der Waals surface area contributed by atoms with Gasteiger partial charge in [-0.15, -0.1) is 11.3 Å². The molecular weight excluding hydrogens is 282 g/mol. The van der Waals surface area contributed by atoms with E-state index < -0.39 is 10.0 Å². The number of hydrogen-bond acceptors (Lipinski definition) is 5. The standard InChI is InChI=1S/C12H15N3O2S2/c1-9-6-14-12(18-9)7-15-19(16,17)8-10-3-2-4-11(13)5-10/h2-6,15H,7-8,13H2,1H3. The van der Waals surface area contributed by atoms with Crippen molar-refractivity contribution >= 4 is 27.0 Å². The Labute approximate surface area is 116 Å². The Kier molecular flexibility index (Phi) is 4.18. The Morgan fingerprint density at radius 3 is 2.84 bits per heavy atom. The third-order valence-electron chi connectivity index (χ3n) is 2.42. The average molecular weight is 297 g/mol. The third kappa shape index (κ3) is 4.30. The summed E-state index contributed by atoms with van der Waals surface area (Å²) >= 11 is 1.48. The molecular formula is C12H15N3O2S2. The molecule has 1 aromatic heterocycles. The van der Waals surface area contributed by atoms with Crippen molar-refractivity contribution in [1.82, 2.24) is 9.71 Å². The maximum atomic E-state index is 11.9. The molecule has 0 aliphatic heterocycles. The summed E-state index contributed by atoms with van der Waals surface area (Å²) in [6, 6.07) is 6.86. The lowest BCUT2D eigenvalue weighted by Crippen LogP contribution is -2.24. The molecule has 2 rings (SSSR count). The van der Waals surface area contributed by atoms with Gasteiger partial charge < -0.3 is 5.73 Å². The fourth-order valence-electron chi connectivity index (χ4n) is 1.61. The Bertz CT molecular complexity index is 665. The predicted octanol–water partition coefficient (Wildman–Crippen LogP) is 1.65. The van der Waals surface area contributed by atoms with Gasteiger partial charge in [-0.25, -0.2) is 18.1 Å². The van der Waals surface area contributed by atoms with Crippen LogP contribution < -0.4 is 10.5 Å². The molecule has 1 aromatic carbocycles. The van der Waals surface area contributed by atoms with Crippen LogP contribution in [0.25, 0.3) is 0 Å². The second kappa shape index (κ2) is 5.68. The summed E-state index contributed by atoms with van der Waals surface area (Å²) in [4.78, 5) is 5.17. The molecule has 102 valence electrons. The highest BCUT2D eigenvalue weighted by Gasteiger charge is 2.12. The lowest BCUT2D eigenvalue weighted by Gasteiger charge is -2.06. The van der Waals surface area contributed by atoms with Gasteiger partial charge in [0.15, 0.2) is 0 Å². The monoisotopic (exact) mass is 297 g/mol. The summed E-state index contributed by atoms with van der Waals surface area (Å²) < 4.78 is 26.4. The molecule has 0 spiro atoms. The summed E-state index contributed by atoms with van der Waals surface area (Å²) in [6.07, 6.45) is 1.73. The van der Waals surface area contributed by atoms with E-state index in [-0.39, 0.29) is 12.3 Å². The molecule has 5 nitrogen and oxygen atoms in total. The van der Waals surface area contributed by atoms with Crippen LogP contribution >= 0.6 is 11.3 Å². The molecule has 0 atom stereocenters. The average Bonchev–Trinajstić information content (AvgIpc) is 2.72. The lowest BCUT2D eigenvalue weighted by molar-refractivity contribution is 0.580. The summed E-state index contributed by atoms with van der Waals surface area (Å²) in [5.74, 6) is -0.0810. The molecule has 0 aliphatic rings. The van der Waals surface area contributed by atoms with Gasteiger partial charge in [-0.05, 0) is 24.6 Å². The van der Waals surface area contributed by atoms with E-state index in [0.717, 1.165) is 9.88 Å². The van der Waals surface area contributed by atoms with Crippen molar-refractivity contribution < 1.29 is 8.42 Å². The molecule has 0 unspecified atom stereocenters. The number of nitrogens with zero attached hydrogens (tertiary/aromatic N) is 1. The Balaban J connectivity index is 1.99. The minimum atomic E-state index is -3.38. The number of sulfonamides is 1. The van der Waals surface area contributed by atoms with Crippen molar-refractivity contribution in [1.29, 1.82) is 0 Å². The number of anilines is 1. The van der Waals surface area contributed by atoms with Gasteiger partial charge in [-0.3, -0.25) is 0 Å². The van der Waals surface area contributed by atoms with E-state index in [2.05, 4.69) is 9.71 Å². The number of rotatable bonds is 5. The highest BCUT2D eigenvalue weighted by molar-refractivity contribution is 7.88. The lowest BCUT2D eigenvalue weighted by atomic mass is 10.2.